The Morgan fingerprint density at radius 3 is 2.53 bits per heavy atom. The number of hydrogen-bond donors (Lipinski definition) is 2. The maximum absolute atomic E-state index is 11.9. The van der Waals surface area contributed by atoms with Gasteiger partial charge in [0.1, 0.15) is 4.21 Å². The molecule has 1 atom stereocenters. The lowest BCUT2D eigenvalue weighted by Crippen LogP contribution is -2.34. The Hall–Kier alpha value is 0.0500. The fraction of sp³-hybridized carbons (Fsp3) is 0.600. The fourth-order valence-electron chi connectivity index (χ4n) is 1.07. The molecule has 0 saturated carbocycles. The number of aryl methyl sites for hydroxylation is 1. The van der Waals surface area contributed by atoms with E-state index in [0.717, 1.165) is 9.35 Å². The van der Waals surface area contributed by atoms with Gasteiger partial charge in [-0.2, -0.15) is 0 Å². The molecule has 7 heteroatoms. The first-order valence-corrected chi connectivity index (χ1v) is 8.27. The smallest absolute Gasteiger partial charge is 0.250 e. The van der Waals surface area contributed by atoms with Crippen molar-refractivity contribution in [2.75, 3.05) is 6.54 Å². The molecule has 17 heavy (non-hydrogen) atoms. The van der Waals surface area contributed by atoms with Crippen LogP contribution in [0.3, 0.4) is 0 Å². The molecule has 98 valence electrons. The monoisotopic (exact) mass is 341 g/mol. The van der Waals surface area contributed by atoms with Crippen LogP contribution in [-0.2, 0) is 10.0 Å². The summed E-state index contributed by atoms with van der Waals surface area (Å²) in [5.74, 6) is 0.0227. The highest BCUT2D eigenvalue weighted by atomic mass is 79.9. The first kappa shape index (κ1) is 15.1. The number of rotatable bonds is 5. The number of sulfonamides is 1. The van der Waals surface area contributed by atoms with Gasteiger partial charge < -0.3 is 5.11 Å². The highest BCUT2D eigenvalue weighted by Gasteiger charge is 2.20. The molecule has 1 aromatic heterocycles. The molecule has 0 radical (unpaired) electrons. The SMILES string of the molecule is Cc1cc(S(=O)(=O)NCC(O)C(C)C)sc1Br. The molecule has 1 heterocycles. The second-order valence-electron chi connectivity index (χ2n) is 4.19. The van der Waals surface area contributed by atoms with E-state index >= 15 is 0 Å². The van der Waals surface area contributed by atoms with Crippen LogP contribution in [0, 0.1) is 12.8 Å². The van der Waals surface area contributed by atoms with Crippen molar-refractivity contribution >= 4 is 37.3 Å². The van der Waals surface area contributed by atoms with Crippen molar-refractivity contribution in [2.24, 2.45) is 5.92 Å². The fourth-order valence-corrected chi connectivity index (χ4v) is 4.39. The molecular weight excluding hydrogens is 326 g/mol. The average molecular weight is 342 g/mol. The van der Waals surface area contributed by atoms with Crippen molar-refractivity contribution in [1.82, 2.24) is 4.72 Å². The highest BCUT2D eigenvalue weighted by Crippen LogP contribution is 2.30. The minimum atomic E-state index is -3.51. The van der Waals surface area contributed by atoms with Crippen LogP contribution < -0.4 is 4.72 Å². The Labute approximate surface area is 114 Å². The zero-order chi connectivity index (χ0) is 13.2. The molecule has 2 N–H and O–H groups in total. The van der Waals surface area contributed by atoms with Crippen molar-refractivity contribution in [3.8, 4) is 0 Å². The first-order chi connectivity index (χ1) is 7.74. The Morgan fingerprint density at radius 2 is 2.12 bits per heavy atom. The topological polar surface area (TPSA) is 66.4 Å². The van der Waals surface area contributed by atoms with E-state index in [1.54, 1.807) is 6.07 Å². The minimum absolute atomic E-state index is 0.0227. The summed E-state index contributed by atoms with van der Waals surface area (Å²) in [7, 11) is -3.51. The molecule has 0 aliphatic rings. The molecule has 0 spiro atoms. The largest absolute Gasteiger partial charge is 0.391 e. The van der Waals surface area contributed by atoms with Gasteiger partial charge in [0.25, 0.3) is 0 Å². The van der Waals surface area contributed by atoms with Gasteiger partial charge in [-0.3, -0.25) is 0 Å². The van der Waals surface area contributed by atoms with Crippen LogP contribution in [0.2, 0.25) is 0 Å². The van der Waals surface area contributed by atoms with E-state index in [4.69, 9.17) is 0 Å². The Kier molecular flexibility index (Phi) is 5.15. The number of aliphatic hydroxyl groups is 1. The first-order valence-electron chi connectivity index (χ1n) is 5.17. The van der Waals surface area contributed by atoms with Gasteiger partial charge in [0, 0.05) is 6.54 Å². The van der Waals surface area contributed by atoms with Gasteiger partial charge in [-0.05, 0) is 40.4 Å². The Morgan fingerprint density at radius 1 is 1.53 bits per heavy atom. The van der Waals surface area contributed by atoms with Crippen LogP contribution in [0.4, 0.5) is 0 Å². The quantitative estimate of drug-likeness (QED) is 0.861. The number of aliphatic hydroxyl groups excluding tert-OH is 1. The predicted octanol–water partition coefficient (Wildman–Crippen LogP) is 2.11. The van der Waals surface area contributed by atoms with Gasteiger partial charge in [-0.25, -0.2) is 13.1 Å². The normalized spacial score (nSPS) is 14.2. The number of thiophene rings is 1. The van der Waals surface area contributed by atoms with Gasteiger partial charge >= 0.3 is 0 Å². The zero-order valence-corrected chi connectivity index (χ0v) is 13.1. The molecular formula is C10H16BrNO3S2. The van der Waals surface area contributed by atoms with Gasteiger partial charge in [-0.15, -0.1) is 11.3 Å². The molecule has 0 aliphatic carbocycles. The third kappa shape index (κ3) is 4.03. The van der Waals surface area contributed by atoms with Gasteiger partial charge in [0.2, 0.25) is 10.0 Å². The van der Waals surface area contributed by atoms with Crippen LogP contribution in [0.1, 0.15) is 19.4 Å². The van der Waals surface area contributed by atoms with E-state index in [0.29, 0.717) is 0 Å². The Balaban J connectivity index is 2.76. The molecule has 0 aromatic carbocycles. The van der Waals surface area contributed by atoms with Crippen LogP contribution in [0.15, 0.2) is 14.1 Å². The third-order valence-electron chi connectivity index (χ3n) is 2.35. The standard InChI is InChI=1S/C10H16BrNO3S2/c1-6(2)8(13)5-12-17(14,15)9-4-7(3)10(11)16-9/h4,6,8,12-13H,5H2,1-3H3. The summed E-state index contributed by atoms with van der Waals surface area (Å²) in [5.41, 5.74) is 0.889. The maximum Gasteiger partial charge on any atom is 0.250 e. The lowest BCUT2D eigenvalue weighted by atomic mass is 10.1. The number of halogens is 1. The lowest BCUT2D eigenvalue weighted by molar-refractivity contribution is 0.129. The summed E-state index contributed by atoms with van der Waals surface area (Å²) in [6, 6.07) is 1.61. The molecule has 1 rings (SSSR count). The van der Waals surface area contributed by atoms with E-state index in [2.05, 4.69) is 20.7 Å². The molecule has 1 aromatic rings. The van der Waals surface area contributed by atoms with E-state index < -0.39 is 16.1 Å². The van der Waals surface area contributed by atoms with Crippen LogP contribution >= 0.6 is 27.3 Å². The summed E-state index contributed by atoms with van der Waals surface area (Å²) in [6.45, 7) is 5.55. The number of hydrogen-bond acceptors (Lipinski definition) is 4. The lowest BCUT2D eigenvalue weighted by Gasteiger charge is -2.14. The van der Waals surface area contributed by atoms with Crippen LogP contribution in [0.5, 0.6) is 0 Å². The summed E-state index contributed by atoms with van der Waals surface area (Å²) in [5, 5.41) is 9.56. The summed E-state index contributed by atoms with van der Waals surface area (Å²) in [6.07, 6.45) is -0.672. The predicted molar refractivity (Wildman–Crippen MR) is 72.8 cm³/mol. The number of nitrogens with one attached hydrogen (secondary N) is 1. The van der Waals surface area contributed by atoms with E-state index in [-0.39, 0.29) is 16.7 Å². The molecule has 0 amide bonds. The second kappa shape index (κ2) is 5.79. The van der Waals surface area contributed by atoms with Crippen molar-refractivity contribution in [3.63, 3.8) is 0 Å². The summed E-state index contributed by atoms with van der Waals surface area (Å²) in [4.78, 5) is 0. The van der Waals surface area contributed by atoms with Crippen molar-refractivity contribution in [3.05, 3.63) is 15.4 Å². The van der Waals surface area contributed by atoms with E-state index in [1.807, 2.05) is 20.8 Å². The van der Waals surface area contributed by atoms with E-state index in [9.17, 15) is 13.5 Å². The Bertz CT molecular complexity index is 462. The maximum atomic E-state index is 11.9. The molecule has 4 nitrogen and oxygen atoms in total. The summed E-state index contributed by atoms with van der Waals surface area (Å²) >= 11 is 4.45. The van der Waals surface area contributed by atoms with Crippen LogP contribution in [-0.4, -0.2) is 26.2 Å². The molecule has 0 fully saturated rings. The zero-order valence-electron chi connectivity index (χ0n) is 9.90. The van der Waals surface area contributed by atoms with Crippen molar-refractivity contribution in [1.29, 1.82) is 0 Å². The molecule has 1 unspecified atom stereocenters. The van der Waals surface area contributed by atoms with Gasteiger partial charge in [-0.1, -0.05) is 13.8 Å². The highest BCUT2D eigenvalue weighted by molar-refractivity contribution is 9.11. The minimum Gasteiger partial charge on any atom is -0.391 e. The van der Waals surface area contributed by atoms with Crippen molar-refractivity contribution < 1.29 is 13.5 Å². The molecule has 0 aliphatic heterocycles. The average Bonchev–Trinajstić information content (AvgIpc) is 2.56. The van der Waals surface area contributed by atoms with Crippen LogP contribution in [0.25, 0.3) is 0 Å². The van der Waals surface area contributed by atoms with Gasteiger partial charge in [0.05, 0.1) is 9.89 Å². The van der Waals surface area contributed by atoms with E-state index in [1.165, 1.54) is 11.3 Å². The van der Waals surface area contributed by atoms with Crippen molar-refractivity contribution in [2.45, 2.75) is 31.1 Å². The molecule has 0 saturated heterocycles. The second-order valence-corrected chi connectivity index (χ2v) is 8.55. The summed E-state index contributed by atoms with van der Waals surface area (Å²) < 4.78 is 27.3. The molecule has 0 bridgehead atoms. The third-order valence-corrected chi connectivity index (χ3v) is 6.39. The van der Waals surface area contributed by atoms with Gasteiger partial charge in [0.15, 0.2) is 0 Å².